The molecule has 39 heavy (non-hydrogen) atoms. The Balaban J connectivity index is 1.50. The number of allylic oxidation sites excluding steroid dienone is 3. The van der Waals surface area contributed by atoms with E-state index in [-0.39, 0.29) is 17.1 Å². The van der Waals surface area contributed by atoms with Gasteiger partial charge in [0.05, 0.1) is 17.7 Å². The normalized spacial score (nSPS) is 26.2. The summed E-state index contributed by atoms with van der Waals surface area (Å²) in [6.07, 6.45) is 10.5. The van der Waals surface area contributed by atoms with E-state index in [0.717, 1.165) is 10.6 Å². The highest BCUT2D eigenvalue weighted by molar-refractivity contribution is 8.42. The summed E-state index contributed by atoms with van der Waals surface area (Å²) >= 11 is 0. The zero-order valence-corrected chi connectivity index (χ0v) is 21.6. The maximum Gasteiger partial charge on any atom is 0.435 e. The molecule has 3 aliphatic rings. The SMILES string of the molecule is Cc1cn(-c2ccc(/C=C3\CCCN4C3=NOC4(CO)C3C=CC(F)=CCC3)cc2OS(F)(F)(F)(F)F)cn1. The first-order chi connectivity index (χ1) is 18.2. The van der Waals surface area contributed by atoms with Crippen LogP contribution in [-0.4, -0.2) is 44.3 Å². The van der Waals surface area contributed by atoms with Crippen LogP contribution in [0.1, 0.15) is 36.9 Å². The fourth-order valence-electron chi connectivity index (χ4n) is 5.08. The Hall–Kier alpha value is -3.39. The Morgan fingerprint density at radius 3 is 2.74 bits per heavy atom. The molecule has 1 fully saturated rings. The van der Waals surface area contributed by atoms with Crippen LogP contribution < -0.4 is 4.18 Å². The molecule has 0 bridgehead atoms. The predicted molar refractivity (Wildman–Crippen MR) is 135 cm³/mol. The van der Waals surface area contributed by atoms with Gasteiger partial charge >= 0.3 is 10.5 Å². The molecule has 0 saturated carbocycles. The van der Waals surface area contributed by atoms with Crippen molar-refractivity contribution in [3.63, 3.8) is 0 Å². The van der Waals surface area contributed by atoms with Gasteiger partial charge in [0.25, 0.3) is 0 Å². The van der Waals surface area contributed by atoms with Crippen LogP contribution in [0, 0.1) is 12.8 Å². The summed E-state index contributed by atoms with van der Waals surface area (Å²) < 4.78 is 85.3. The number of hydrogen-bond acceptors (Lipinski definition) is 6. The Labute approximate surface area is 220 Å². The summed E-state index contributed by atoms with van der Waals surface area (Å²) in [6.45, 7) is 1.63. The number of rotatable bonds is 6. The van der Waals surface area contributed by atoms with Crippen molar-refractivity contribution < 1.29 is 37.9 Å². The van der Waals surface area contributed by atoms with Crippen molar-refractivity contribution in [3.05, 3.63) is 71.6 Å². The molecule has 0 amide bonds. The van der Waals surface area contributed by atoms with Gasteiger partial charge in [0.15, 0.2) is 11.6 Å². The van der Waals surface area contributed by atoms with Crippen LogP contribution in [-0.2, 0) is 4.84 Å². The molecular formula is C25H26F6N4O3S. The lowest BCUT2D eigenvalue weighted by Gasteiger charge is -2.42. The Morgan fingerprint density at radius 1 is 1.26 bits per heavy atom. The van der Waals surface area contributed by atoms with Crippen molar-refractivity contribution >= 4 is 22.4 Å². The number of nitrogens with zero attached hydrogens (tertiary/aromatic N) is 4. The topological polar surface area (TPSA) is 72.1 Å². The number of benzene rings is 1. The number of piperidine rings is 1. The molecule has 3 heterocycles. The summed E-state index contributed by atoms with van der Waals surface area (Å²) in [5.74, 6) is -1.50. The molecule has 1 saturated heterocycles. The Bertz CT molecular complexity index is 1420. The number of aliphatic hydroxyl groups excluding tert-OH is 1. The summed E-state index contributed by atoms with van der Waals surface area (Å²) in [5, 5.41) is 14.6. The van der Waals surface area contributed by atoms with Crippen molar-refractivity contribution in [2.24, 2.45) is 11.1 Å². The highest BCUT2D eigenvalue weighted by atomic mass is 32.5. The molecule has 2 atom stereocenters. The minimum absolute atomic E-state index is 0.161. The van der Waals surface area contributed by atoms with Gasteiger partial charge in [0.1, 0.15) is 12.4 Å². The second-order valence-electron chi connectivity index (χ2n) is 9.70. The largest absolute Gasteiger partial charge is 0.435 e. The number of aryl methyl sites for hydroxylation is 1. The van der Waals surface area contributed by atoms with Crippen molar-refractivity contribution in [3.8, 4) is 11.4 Å². The molecule has 0 radical (unpaired) electrons. The summed E-state index contributed by atoms with van der Waals surface area (Å²) in [5.41, 5.74) is -0.339. The quantitative estimate of drug-likeness (QED) is 0.372. The van der Waals surface area contributed by atoms with Crippen LogP contribution in [0.2, 0.25) is 0 Å². The number of aromatic nitrogens is 2. The smallest absolute Gasteiger partial charge is 0.390 e. The minimum Gasteiger partial charge on any atom is -0.390 e. The van der Waals surface area contributed by atoms with E-state index in [1.165, 1.54) is 42.9 Å². The molecule has 1 aliphatic carbocycles. The molecular weight excluding hydrogens is 550 g/mol. The number of oxime groups is 1. The van der Waals surface area contributed by atoms with E-state index >= 15 is 0 Å². The van der Waals surface area contributed by atoms with E-state index in [4.69, 9.17) is 4.84 Å². The third-order valence-corrected chi connectivity index (χ3v) is 7.28. The van der Waals surface area contributed by atoms with Gasteiger partial charge in [-0.05, 0) is 74.1 Å². The van der Waals surface area contributed by atoms with E-state index in [9.17, 15) is 28.9 Å². The average molecular weight is 577 g/mol. The van der Waals surface area contributed by atoms with Crippen LogP contribution in [0.15, 0.2) is 65.5 Å². The lowest BCUT2D eigenvalue weighted by atomic mass is 9.88. The third-order valence-electron chi connectivity index (χ3n) is 6.79. The molecule has 1 aromatic heterocycles. The lowest BCUT2D eigenvalue weighted by Crippen LogP contribution is -2.57. The second-order valence-corrected chi connectivity index (χ2v) is 11.7. The van der Waals surface area contributed by atoms with Crippen LogP contribution in [0.25, 0.3) is 11.8 Å². The monoisotopic (exact) mass is 576 g/mol. The van der Waals surface area contributed by atoms with E-state index in [1.54, 1.807) is 17.9 Å². The van der Waals surface area contributed by atoms with Gasteiger partial charge in [0, 0.05) is 18.7 Å². The number of aliphatic hydroxyl groups is 1. The number of halogens is 6. The van der Waals surface area contributed by atoms with Gasteiger partial charge in [-0.25, -0.2) is 9.37 Å². The molecule has 14 heteroatoms. The van der Waals surface area contributed by atoms with Crippen LogP contribution in [0.3, 0.4) is 0 Å². The van der Waals surface area contributed by atoms with E-state index < -0.39 is 34.5 Å². The second kappa shape index (κ2) is 8.81. The standard InChI is InChI=1S/C25H26F6N4O3S/c1-17-14-34(16-32-17)22-10-7-18(13-23(22)37-39(27,28,29,30)31)12-19-4-3-11-35-24(19)33-38-25(35,15-36)20-5-2-6-21(26)9-8-20/h6-10,12-14,16,20,36H,2-5,11,15H2,1H3/b19-12+. The first-order valence-electron chi connectivity index (χ1n) is 12.2. The van der Waals surface area contributed by atoms with Crippen molar-refractivity contribution in [1.29, 1.82) is 0 Å². The van der Waals surface area contributed by atoms with Crippen LogP contribution in [0.4, 0.5) is 23.8 Å². The molecule has 5 rings (SSSR count). The van der Waals surface area contributed by atoms with Crippen LogP contribution >= 0.6 is 10.5 Å². The minimum atomic E-state index is -10.3. The fraction of sp³-hybridized carbons (Fsp3) is 0.360. The number of fused-ring (bicyclic) bond motifs is 1. The zero-order chi connectivity index (χ0) is 28.1. The summed E-state index contributed by atoms with van der Waals surface area (Å²) in [7, 11) is -10.3. The van der Waals surface area contributed by atoms with Gasteiger partial charge in [-0.1, -0.05) is 36.7 Å². The molecule has 0 spiro atoms. The number of imidazole rings is 1. The number of amidine groups is 1. The highest BCUT2D eigenvalue weighted by Crippen LogP contribution is 2.97. The van der Waals surface area contributed by atoms with E-state index in [0.29, 0.717) is 49.3 Å². The Morgan fingerprint density at radius 2 is 2.05 bits per heavy atom. The molecule has 7 nitrogen and oxygen atoms in total. The maximum atomic E-state index is 13.8. The van der Waals surface area contributed by atoms with Gasteiger partial charge in [-0.15, -0.1) is 0 Å². The van der Waals surface area contributed by atoms with Gasteiger partial charge in [-0.2, -0.15) is 0 Å². The first-order valence-corrected chi connectivity index (χ1v) is 14.0. The van der Waals surface area contributed by atoms with Crippen molar-refractivity contribution in [2.75, 3.05) is 13.2 Å². The van der Waals surface area contributed by atoms with Gasteiger partial charge in [-0.3, -0.25) is 0 Å². The van der Waals surface area contributed by atoms with E-state index in [2.05, 4.69) is 14.3 Å². The molecule has 1 N–H and O–H groups in total. The molecule has 2 aromatic rings. The molecule has 2 aliphatic heterocycles. The molecule has 1 aromatic carbocycles. The first kappa shape index (κ1) is 27.2. The van der Waals surface area contributed by atoms with Crippen LogP contribution in [0.5, 0.6) is 5.75 Å². The zero-order valence-electron chi connectivity index (χ0n) is 20.7. The number of hydrogen-bond donors (Lipinski definition) is 1. The lowest BCUT2D eigenvalue weighted by molar-refractivity contribution is -0.157. The summed E-state index contributed by atoms with van der Waals surface area (Å²) in [4.78, 5) is 11.5. The van der Waals surface area contributed by atoms with Crippen molar-refractivity contribution in [1.82, 2.24) is 14.5 Å². The van der Waals surface area contributed by atoms with Gasteiger partial charge < -0.3 is 23.6 Å². The maximum absolute atomic E-state index is 13.8. The van der Waals surface area contributed by atoms with E-state index in [1.807, 2.05) is 0 Å². The molecule has 212 valence electrons. The van der Waals surface area contributed by atoms with Crippen molar-refractivity contribution in [2.45, 2.75) is 38.3 Å². The highest BCUT2D eigenvalue weighted by Gasteiger charge is 2.67. The third kappa shape index (κ3) is 5.81. The van der Waals surface area contributed by atoms with Gasteiger partial charge in [0.2, 0.25) is 5.72 Å². The summed E-state index contributed by atoms with van der Waals surface area (Å²) in [6, 6.07) is 3.58. The Kier molecular flexibility index (Phi) is 6.14. The average Bonchev–Trinajstić information content (AvgIpc) is 3.37. The fourth-order valence-corrected chi connectivity index (χ4v) is 5.55. The molecule has 2 unspecified atom stereocenters. The predicted octanol–water partition coefficient (Wildman–Crippen LogP) is 7.10.